The standard InChI is InChI=1S/C24H29F4N3O/c1-5-8-19(17-9-7-10-17)23(22(25)16(4)15(3)13-30-20(29)6-2)32-21-12-11-18(14-31-21)24(26,27)28/h6,8,11-14,16-17H,3,5,7,9-10,29H2,1-2,4H3/b19-8+,20-6-,23-22-,30-13?. The van der Waals surface area contributed by atoms with Gasteiger partial charge in [-0.25, -0.2) is 14.4 Å². The van der Waals surface area contributed by atoms with Gasteiger partial charge < -0.3 is 10.5 Å². The molecule has 1 atom stereocenters. The zero-order valence-corrected chi connectivity index (χ0v) is 18.5. The van der Waals surface area contributed by atoms with Crippen molar-refractivity contribution in [2.24, 2.45) is 22.6 Å². The van der Waals surface area contributed by atoms with Crippen LogP contribution in [0.4, 0.5) is 17.6 Å². The molecular formula is C24H29F4N3O. The van der Waals surface area contributed by atoms with Crippen molar-refractivity contribution >= 4 is 6.21 Å². The lowest BCUT2D eigenvalue weighted by atomic mass is 9.78. The summed E-state index contributed by atoms with van der Waals surface area (Å²) in [6.45, 7) is 9.14. The van der Waals surface area contributed by atoms with Gasteiger partial charge in [0, 0.05) is 24.4 Å². The smallest absolute Gasteiger partial charge is 0.417 e. The molecular weight excluding hydrogens is 422 g/mol. The highest BCUT2D eigenvalue weighted by molar-refractivity contribution is 5.79. The maximum absolute atomic E-state index is 15.7. The molecule has 0 aliphatic heterocycles. The number of aromatic nitrogens is 1. The summed E-state index contributed by atoms with van der Waals surface area (Å²) < 4.78 is 60.0. The largest absolute Gasteiger partial charge is 0.436 e. The van der Waals surface area contributed by atoms with Crippen LogP contribution in [0.2, 0.25) is 0 Å². The first-order chi connectivity index (χ1) is 15.1. The fourth-order valence-electron chi connectivity index (χ4n) is 3.05. The summed E-state index contributed by atoms with van der Waals surface area (Å²) in [5.74, 6) is -1.12. The van der Waals surface area contributed by atoms with Crippen LogP contribution in [0.5, 0.6) is 5.88 Å². The van der Waals surface area contributed by atoms with E-state index in [4.69, 9.17) is 10.5 Å². The number of rotatable bonds is 9. The number of hydrogen-bond acceptors (Lipinski definition) is 4. The van der Waals surface area contributed by atoms with E-state index in [1.54, 1.807) is 19.9 Å². The van der Waals surface area contributed by atoms with E-state index in [-0.39, 0.29) is 23.4 Å². The summed E-state index contributed by atoms with van der Waals surface area (Å²) in [7, 11) is 0. The third-order valence-corrected chi connectivity index (χ3v) is 5.33. The quantitative estimate of drug-likeness (QED) is 0.193. The second-order valence-corrected chi connectivity index (χ2v) is 7.63. The van der Waals surface area contributed by atoms with Gasteiger partial charge in [-0.15, -0.1) is 0 Å². The van der Waals surface area contributed by atoms with Crippen molar-refractivity contribution in [3.05, 3.63) is 71.2 Å². The van der Waals surface area contributed by atoms with Crippen molar-refractivity contribution in [3.8, 4) is 5.88 Å². The summed E-state index contributed by atoms with van der Waals surface area (Å²) >= 11 is 0. The predicted molar refractivity (Wildman–Crippen MR) is 118 cm³/mol. The van der Waals surface area contributed by atoms with Crippen LogP contribution < -0.4 is 10.5 Å². The van der Waals surface area contributed by atoms with Gasteiger partial charge in [-0.1, -0.05) is 32.9 Å². The Morgan fingerprint density at radius 2 is 2.06 bits per heavy atom. The molecule has 0 aromatic carbocycles. The highest BCUT2D eigenvalue weighted by Crippen LogP contribution is 2.40. The lowest BCUT2D eigenvalue weighted by Crippen LogP contribution is -2.20. The third-order valence-electron chi connectivity index (χ3n) is 5.33. The SMILES string of the molecule is C=C(C=N/C(N)=C\C)C(C)/C(F)=C(Oc1ccc(C(F)(F)F)cn1)\C(=C\CC)C1CCC1. The van der Waals surface area contributed by atoms with Crippen molar-refractivity contribution in [1.29, 1.82) is 0 Å². The second kappa shape index (κ2) is 11.1. The van der Waals surface area contributed by atoms with Crippen LogP contribution in [0.3, 0.4) is 0 Å². The van der Waals surface area contributed by atoms with Gasteiger partial charge in [-0.05, 0) is 55.4 Å². The lowest BCUT2D eigenvalue weighted by molar-refractivity contribution is -0.137. The molecule has 32 heavy (non-hydrogen) atoms. The molecule has 1 aromatic heterocycles. The number of alkyl halides is 3. The van der Waals surface area contributed by atoms with E-state index >= 15 is 4.39 Å². The fraction of sp³-hybridized carbons (Fsp3) is 0.417. The third kappa shape index (κ3) is 6.55. The Bertz CT molecular complexity index is 924. The number of halogens is 4. The maximum atomic E-state index is 15.7. The average molecular weight is 452 g/mol. The van der Waals surface area contributed by atoms with Crippen LogP contribution in [0, 0.1) is 11.8 Å². The number of hydrogen-bond donors (Lipinski definition) is 1. The monoisotopic (exact) mass is 451 g/mol. The summed E-state index contributed by atoms with van der Waals surface area (Å²) in [6.07, 6.45) is 4.50. The highest BCUT2D eigenvalue weighted by Gasteiger charge is 2.32. The molecule has 0 amide bonds. The summed E-state index contributed by atoms with van der Waals surface area (Å²) in [4.78, 5) is 7.76. The van der Waals surface area contributed by atoms with Gasteiger partial charge in [0.25, 0.3) is 0 Å². The maximum Gasteiger partial charge on any atom is 0.417 e. The molecule has 8 heteroatoms. The summed E-state index contributed by atoms with van der Waals surface area (Å²) in [5, 5.41) is 0. The zero-order valence-electron chi connectivity index (χ0n) is 18.5. The predicted octanol–water partition coefficient (Wildman–Crippen LogP) is 6.88. The number of nitrogens with zero attached hydrogens (tertiary/aromatic N) is 2. The van der Waals surface area contributed by atoms with Crippen molar-refractivity contribution < 1.29 is 22.3 Å². The van der Waals surface area contributed by atoms with Gasteiger partial charge in [0.2, 0.25) is 5.88 Å². The van der Waals surface area contributed by atoms with Crippen LogP contribution in [0.1, 0.15) is 52.0 Å². The van der Waals surface area contributed by atoms with Crippen LogP contribution in [0.25, 0.3) is 0 Å². The van der Waals surface area contributed by atoms with Crippen LogP contribution in [-0.2, 0) is 6.18 Å². The van der Waals surface area contributed by atoms with Gasteiger partial charge in [-0.3, -0.25) is 0 Å². The lowest BCUT2D eigenvalue weighted by Gasteiger charge is -2.30. The number of nitrogens with two attached hydrogens (primary N) is 1. The molecule has 1 aromatic rings. The normalized spacial score (nSPS) is 17.7. The molecule has 0 radical (unpaired) electrons. The van der Waals surface area contributed by atoms with Crippen molar-refractivity contribution in [2.45, 2.75) is 52.6 Å². The van der Waals surface area contributed by atoms with Crippen LogP contribution in [0.15, 0.2) is 70.6 Å². The zero-order chi connectivity index (χ0) is 23.9. The Balaban J connectivity index is 2.44. The molecule has 4 nitrogen and oxygen atoms in total. The summed E-state index contributed by atoms with van der Waals surface area (Å²) in [5.41, 5.74) is 5.82. The molecule has 0 bridgehead atoms. The number of allylic oxidation sites excluding steroid dienone is 5. The summed E-state index contributed by atoms with van der Waals surface area (Å²) in [6, 6.07) is 1.95. The van der Waals surface area contributed by atoms with E-state index in [9.17, 15) is 13.2 Å². The Kier molecular flexibility index (Phi) is 8.80. The topological polar surface area (TPSA) is 60.5 Å². The molecule has 1 heterocycles. The minimum Gasteiger partial charge on any atom is -0.436 e. The molecule has 0 saturated heterocycles. The van der Waals surface area contributed by atoms with E-state index in [1.165, 1.54) is 6.21 Å². The highest BCUT2D eigenvalue weighted by atomic mass is 19.4. The Labute approximate surface area is 186 Å². The van der Waals surface area contributed by atoms with Crippen molar-refractivity contribution in [2.75, 3.05) is 0 Å². The first-order valence-corrected chi connectivity index (χ1v) is 10.5. The average Bonchev–Trinajstić information content (AvgIpc) is 2.72. The molecule has 1 aliphatic carbocycles. The van der Waals surface area contributed by atoms with Gasteiger partial charge in [0.05, 0.1) is 5.56 Å². The molecule has 1 fully saturated rings. The van der Waals surface area contributed by atoms with Gasteiger partial charge in [-0.2, -0.15) is 13.2 Å². The Morgan fingerprint density at radius 1 is 1.38 bits per heavy atom. The van der Waals surface area contributed by atoms with Gasteiger partial charge in [0.15, 0.2) is 5.76 Å². The van der Waals surface area contributed by atoms with Crippen molar-refractivity contribution in [3.63, 3.8) is 0 Å². The second-order valence-electron chi connectivity index (χ2n) is 7.63. The fourth-order valence-corrected chi connectivity index (χ4v) is 3.05. The minimum absolute atomic E-state index is 0.0233. The Morgan fingerprint density at radius 3 is 2.53 bits per heavy atom. The Hall–Kier alpha value is -2.90. The van der Waals surface area contributed by atoms with E-state index in [1.807, 2.05) is 13.0 Å². The first-order valence-electron chi connectivity index (χ1n) is 10.5. The van der Waals surface area contributed by atoms with E-state index in [2.05, 4.69) is 16.6 Å². The van der Waals surface area contributed by atoms with Gasteiger partial charge >= 0.3 is 6.18 Å². The molecule has 2 N–H and O–H groups in total. The van der Waals surface area contributed by atoms with Crippen LogP contribution in [-0.4, -0.2) is 11.2 Å². The molecule has 1 aliphatic rings. The van der Waals surface area contributed by atoms with Crippen molar-refractivity contribution in [1.82, 2.24) is 4.98 Å². The first kappa shape index (κ1) is 25.4. The molecule has 0 spiro atoms. The molecule has 2 rings (SSSR count). The molecule has 1 unspecified atom stereocenters. The van der Waals surface area contributed by atoms with Gasteiger partial charge in [0.1, 0.15) is 11.6 Å². The minimum atomic E-state index is -4.52. The number of ether oxygens (including phenoxy) is 1. The molecule has 174 valence electrons. The van der Waals surface area contributed by atoms with E-state index < -0.39 is 23.5 Å². The molecule has 1 saturated carbocycles. The number of pyridine rings is 1. The number of aliphatic imine (C=N–C) groups is 1. The van der Waals surface area contributed by atoms with E-state index in [0.717, 1.165) is 31.4 Å². The van der Waals surface area contributed by atoms with E-state index in [0.29, 0.717) is 23.8 Å². The van der Waals surface area contributed by atoms with Crippen LogP contribution >= 0.6 is 0 Å².